The fourth-order valence-corrected chi connectivity index (χ4v) is 5.95. The molecule has 2 heterocycles. The standard InChI is InChI=1S/C21H25N3O7S/c1-30-19-7-8-20(31-2)21-15(19)12-22(13-18(21)25)16-6-5-14(11-17(16)24(26)27)32(28,29)23-9-3-4-10-23/h5-8,11,18,25H,3-4,9-10,12-13H2,1-2H3. The Bertz CT molecular complexity index is 1150. The number of β-amino-alcohol motifs (C(OH)–C–C–N with tert-alkyl or cyclic N) is 1. The van der Waals surface area contributed by atoms with Crippen LogP contribution >= 0.6 is 0 Å². The predicted octanol–water partition coefficient (Wildman–Crippen LogP) is 2.45. The van der Waals surface area contributed by atoms with E-state index < -0.39 is 21.1 Å². The maximum absolute atomic E-state index is 12.9. The molecule has 32 heavy (non-hydrogen) atoms. The first-order valence-electron chi connectivity index (χ1n) is 10.2. The van der Waals surface area contributed by atoms with Crippen LogP contribution in [0, 0.1) is 10.1 Å². The fraction of sp³-hybridized carbons (Fsp3) is 0.429. The highest BCUT2D eigenvalue weighted by atomic mass is 32.2. The maximum Gasteiger partial charge on any atom is 0.293 e. The number of nitro groups is 1. The van der Waals surface area contributed by atoms with Crippen molar-refractivity contribution >= 4 is 21.4 Å². The van der Waals surface area contributed by atoms with Crippen LogP contribution in [-0.2, 0) is 16.6 Å². The molecule has 1 fully saturated rings. The molecule has 0 saturated carbocycles. The molecule has 2 aliphatic rings. The summed E-state index contributed by atoms with van der Waals surface area (Å²) in [5, 5.41) is 22.7. The second-order valence-corrected chi connectivity index (χ2v) is 9.72. The second kappa shape index (κ2) is 8.57. The van der Waals surface area contributed by atoms with Gasteiger partial charge in [0.25, 0.3) is 5.69 Å². The zero-order valence-corrected chi connectivity index (χ0v) is 18.7. The number of nitro benzene ring substituents is 1. The predicted molar refractivity (Wildman–Crippen MR) is 117 cm³/mol. The van der Waals surface area contributed by atoms with Gasteiger partial charge in [-0.1, -0.05) is 0 Å². The van der Waals surface area contributed by atoms with Crippen LogP contribution in [-0.4, -0.2) is 56.6 Å². The van der Waals surface area contributed by atoms with E-state index in [0.29, 0.717) is 35.7 Å². The molecule has 0 aromatic heterocycles. The highest BCUT2D eigenvalue weighted by molar-refractivity contribution is 7.89. The maximum atomic E-state index is 12.9. The molecular weight excluding hydrogens is 438 g/mol. The normalized spacial score (nSPS) is 19.0. The zero-order valence-electron chi connectivity index (χ0n) is 17.9. The van der Waals surface area contributed by atoms with Gasteiger partial charge in [0.05, 0.1) is 24.0 Å². The first kappa shape index (κ1) is 22.3. The van der Waals surface area contributed by atoms with Gasteiger partial charge in [-0.2, -0.15) is 4.31 Å². The van der Waals surface area contributed by atoms with Crippen molar-refractivity contribution in [3.8, 4) is 11.5 Å². The summed E-state index contributed by atoms with van der Waals surface area (Å²) in [7, 11) is -0.784. The number of aliphatic hydroxyl groups is 1. The smallest absolute Gasteiger partial charge is 0.293 e. The summed E-state index contributed by atoms with van der Waals surface area (Å²) < 4.78 is 37.9. The second-order valence-electron chi connectivity index (χ2n) is 7.78. The quantitative estimate of drug-likeness (QED) is 0.512. The van der Waals surface area contributed by atoms with E-state index in [1.165, 1.54) is 30.7 Å². The summed E-state index contributed by atoms with van der Waals surface area (Å²) in [4.78, 5) is 12.8. The molecular formula is C21H25N3O7S. The van der Waals surface area contributed by atoms with Gasteiger partial charge >= 0.3 is 0 Å². The molecule has 172 valence electrons. The summed E-state index contributed by atoms with van der Waals surface area (Å²) in [5.41, 5.74) is 1.14. The van der Waals surface area contributed by atoms with Crippen LogP contribution in [0.25, 0.3) is 0 Å². The van der Waals surface area contributed by atoms with Crippen molar-refractivity contribution in [1.82, 2.24) is 4.31 Å². The lowest BCUT2D eigenvalue weighted by Gasteiger charge is -2.35. The number of ether oxygens (including phenoxy) is 2. The molecule has 4 rings (SSSR count). The first-order chi connectivity index (χ1) is 15.3. The van der Waals surface area contributed by atoms with Crippen LogP contribution < -0.4 is 14.4 Å². The minimum absolute atomic E-state index is 0.0790. The summed E-state index contributed by atoms with van der Waals surface area (Å²) >= 11 is 0. The summed E-state index contributed by atoms with van der Waals surface area (Å²) in [6.07, 6.45) is 0.572. The van der Waals surface area contributed by atoms with Crippen LogP contribution in [0.2, 0.25) is 0 Å². The minimum Gasteiger partial charge on any atom is -0.496 e. The van der Waals surface area contributed by atoms with E-state index in [1.54, 1.807) is 17.0 Å². The van der Waals surface area contributed by atoms with Crippen molar-refractivity contribution < 1.29 is 27.9 Å². The van der Waals surface area contributed by atoms with Crippen LogP contribution in [0.4, 0.5) is 11.4 Å². The molecule has 0 bridgehead atoms. The Morgan fingerprint density at radius 2 is 1.75 bits per heavy atom. The lowest BCUT2D eigenvalue weighted by molar-refractivity contribution is -0.384. The third kappa shape index (κ3) is 3.76. The number of nitrogens with zero attached hydrogens (tertiary/aromatic N) is 3. The highest BCUT2D eigenvalue weighted by Gasteiger charge is 2.34. The van der Waals surface area contributed by atoms with Crippen LogP contribution in [0.15, 0.2) is 35.2 Å². The third-order valence-electron chi connectivity index (χ3n) is 5.98. The molecule has 1 atom stereocenters. The number of hydrogen-bond acceptors (Lipinski definition) is 8. The molecule has 2 aromatic rings. The zero-order chi connectivity index (χ0) is 23.0. The number of benzene rings is 2. The molecule has 1 unspecified atom stereocenters. The van der Waals surface area contributed by atoms with Crippen LogP contribution in [0.3, 0.4) is 0 Å². The van der Waals surface area contributed by atoms with E-state index in [1.807, 2.05) is 0 Å². The number of rotatable bonds is 6. The average molecular weight is 464 g/mol. The van der Waals surface area contributed by atoms with E-state index >= 15 is 0 Å². The SMILES string of the molecule is COc1ccc(OC)c2c1CN(c1ccc(S(=O)(=O)N3CCCC3)cc1[N+](=O)[O-])CC2O. The molecule has 0 radical (unpaired) electrons. The van der Waals surface area contributed by atoms with Crippen molar-refractivity contribution in [2.45, 2.75) is 30.4 Å². The molecule has 0 aliphatic carbocycles. The van der Waals surface area contributed by atoms with Crippen molar-refractivity contribution in [1.29, 1.82) is 0 Å². The van der Waals surface area contributed by atoms with E-state index in [2.05, 4.69) is 0 Å². The van der Waals surface area contributed by atoms with Crippen molar-refractivity contribution in [2.75, 3.05) is 38.8 Å². The van der Waals surface area contributed by atoms with Gasteiger partial charge in [-0.15, -0.1) is 0 Å². The number of methoxy groups -OCH3 is 2. The fourth-order valence-electron chi connectivity index (χ4n) is 4.41. The number of anilines is 1. The molecule has 1 saturated heterocycles. The lowest BCUT2D eigenvalue weighted by Crippen LogP contribution is -2.34. The summed E-state index contributed by atoms with van der Waals surface area (Å²) in [5.74, 6) is 1.04. The van der Waals surface area contributed by atoms with E-state index in [0.717, 1.165) is 18.9 Å². The lowest BCUT2D eigenvalue weighted by atomic mass is 9.94. The van der Waals surface area contributed by atoms with Gasteiger partial charge in [0.15, 0.2) is 0 Å². The Kier molecular flexibility index (Phi) is 5.97. The topological polar surface area (TPSA) is 122 Å². The molecule has 0 spiro atoms. The number of hydrogen-bond donors (Lipinski definition) is 1. The molecule has 1 N–H and O–H groups in total. The van der Waals surface area contributed by atoms with Crippen molar-refractivity contribution in [3.63, 3.8) is 0 Å². The molecule has 2 aliphatic heterocycles. The van der Waals surface area contributed by atoms with Gasteiger partial charge < -0.3 is 19.5 Å². The minimum atomic E-state index is -3.80. The Hall–Kier alpha value is -2.89. The molecule has 0 amide bonds. The van der Waals surface area contributed by atoms with Gasteiger partial charge in [0, 0.05) is 43.4 Å². The van der Waals surface area contributed by atoms with Crippen molar-refractivity contribution in [3.05, 3.63) is 51.6 Å². The monoisotopic (exact) mass is 463 g/mol. The van der Waals surface area contributed by atoms with Gasteiger partial charge in [-0.25, -0.2) is 8.42 Å². The number of aliphatic hydroxyl groups excluding tert-OH is 1. The molecule has 11 heteroatoms. The van der Waals surface area contributed by atoms with E-state index in [9.17, 15) is 23.6 Å². The van der Waals surface area contributed by atoms with Gasteiger partial charge in [0.2, 0.25) is 10.0 Å². The first-order valence-corrected chi connectivity index (χ1v) is 11.7. The van der Waals surface area contributed by atoms with Crippen LogP contribution in [0.5, 0.6) is 11.5 Å². The van der Waals surface area contributed by atoms with Gasteiger partial charge in [-0.05, 0) is 37.1 Å². The average Bonchev–Trinajstić information content (AvgIpc) is 3.33. The Morgan fingerprint density at radius 3 is 2.38 bits per heavy atom. The number of sulfonamides is 1. The van der Waals surface area contributed by atoms with Gasteiger partial charge in [0.1, 0.15) is 23.3 Å². The van der Waals surface area contributed by atoms with E-state index in [-0.39, 0.29) is 29.4 Å². The molecule has 10 nitrogen and oxygen atoms in total. The van der Waals surface area contributed by atoms with E-state index in [4.69, 9.17) is 9.47 Å². The Balaban J connectivity index is 1.75. The Morgan fingerprint density at radius 1 is 1.09 bits per heavy atom. The van der Waals surface area contributed by atoms with Gasteiger partial charge in [-0.3, -0.25) is 10.1 Å². The summed E-state index contributed by atoms with van der Waals surface area (Å²) in [6, 6.07) is 7.35. The summed E-state index contributed by atoms with van der Waals surface area (Å²) in [6.45, 7) is 1.13. The highest BCUT2D eigenvalue weighted by Crippen LogP contribution is 2.43. The van der Waals surface area contributed by atoms with Crippen molar-refractivity contribution in [2.24, 2.45) is 0 Å². The molecule has 2 aromatic carbocycles. The number of fused-ring (bicyclic) bond motifs is 1. The largest absolute Gasteiger partial charge is 0.496 e. The Labute approximate surface area is 186 Å². The van der Waals surface area contributed by atoms with Crippen LogP contribution in [0.1, 0.15) is 30.1 Å². The third-order valence-corrected chi connectivity index (χ3v) is 7.87.